The molecule has 12 heteroatoms. The highest BCUT2D eigenvalue weighted by atomic mass is 35.5. The highest BCUT2D eigenvalue weighted by molar-refractivity contribution is 6.31. The number of aryl methyl sites for hydroxylation is 1. The first-order chi connectivity index (χ1) is 23.5. The maximum Gasteiger partial charge on any atom is 0.303 e. The van der Waals surface area contributed by atoms with Crippen LogP contribution in [-0.2, 0) is 27.3 Å². The minimum Gasteiger partial charge on any atom is -0.488 e. The van der Waals surface area contributed by atoms with Gasteiger partial charge in [-0.1, -0.05) is 54.1 Å². The van der Waals surface area contributed by atoms with Crippen molar-refractivity contribution in [3.63, 3.8) is 0 Å². The molecule has 49 heavy (non-hydrogen) atoms. The lowest BCUT2D eigenvalue weighted by molar-refractivity contribution is -0.138. The number of carbonyl (C=O) groups excluding carboxylic acids is 2. The first kappa shape index (κ1) is 35.9. The Bertz CT molecular complexity index is 1720. The van der Waals surface area contributed by atoms with Gasteiger partial charge in [-0.25, -0.2) is 8.78 Å². The van der Waals surface area contributed by atoms with E-state index < -0.39 is 35.2 Å². The Hall–Kier alpha value is -4.35. The van der Waals surface area contributed by atoms with Crippen LogP contribution in [0.1, 0.15) is 55.7 Å². The van der Waals surface area contributed by atoms with Crippen molar-refractivity contribution >= 4 is 35.0 Å². The fraction of sp³-hybridized carbons (Fsp3) is 0.378. The molecular formula is C37H39ClF3N3O5. The van der Waals surface area contributed by atoms with E-state index in [9.17, 15) is 27.6 Å². The van der Waals surface area contributed by atoms with Crippen LogP contribution in [-0.4, -0.2) is 71.0 Å². The van der Waals surface area contributed by atoms with Crippen molar-refractivity contribution in [2.45, 2.75) is 64.1 Å². The number of carboxylic acid groups (broad SMARTS) is 1. The van der Waals surface area contributed by atoms with Gasteiger partial charge in [0.05, 0.1) is 12.6 Å². The number of halogens is 4. The van der Waals surface area contributed by atoms with E-state index in [1.54, 1.807) is 15.9 Å². The molecule has 2 amide bonds. The first-order valence-corrected chi connectivity index (χ1v) is 16.8. The summed E-state index contributed by atoms with van der Waals surface area (Å²) in [6.45, 7) is 3.35. The zero-order valence-corrected chi connectivity index (χ0v) is 27.9. The van der Waals surface area contributed by atoms with Gasteiger partial charge in [-0.15, -0.1) is 0 Å². The molecule has 5 rings (SSSR count). The number of carboxylic acids is 1. The molecule has 0 saturated carbocycles. The van der Waals surface area contributed by atoms with Gasteiger partial charge in [0.25, 0.3) is 5.91 Å². The number of hydrogen-bond donors (Lipinski definition) is 2. The van der Waals surface area contributed by atoms with Crippen molar-refractivity contribution in [1.82, 2.24) is 15.1 Å². The molecule has 2 heterocycles. The number of nitrogens with one attached hydrogen (secondary N) is 1. The Balaban J connectivity index is 1.36. The van der Waals surface area contributed by atoms with Crippen molar-refractivity contribution in [1.29, 1.82) is 0 Å². The Morgan fingerprint density at radius 2 is 1.71 bits per heavy atom. The average Bonchev–Trinajstić information content (AvgIpc) is 3.08. The molecule has 2 aliphatic heterocycles. The van der Waals surface area contributed by atoms with E-state index in [-0.39, 0.29) is 50.3 Å². The number of fused-ring (bicyclic) bond motifs is 2. The Kier molecular flexibility index (Phi) is 12.0. The van der Waals surface area contributed by atoms with Crippen LogP contribution >= 0.6 is 11.6 Å². The largest absolute Gasteiger partial charge is 0.488 e. The van der Waals surface area contributed by atoms with Crippen LogP contribution in [0.5, 0.6) is 5.75 Å². The maximum absolute atomic E-state index is 14.4. The predicted octanol–water partition coefficient (Wildman–Crippen LogP) is 6.40. The van der Waals surface area contributed by atoms with Gasteiger partial charge in [-0.3, -0.25) is 14.4 Å². The molecule has 1 saturated heterocycles. The molecule has 2 atom stereocenters. The zero-order chi connectivity index (χ0) is 35.1. The van der Waals surface area contributed by atoms with Gasteiger partial charge in [-0.2, -0.15) is 4.39 Å². The third-order valence-corrected chi connectivity index (χ3v) is 9.29. The quantitative estimate of drug-likeness (QED) is 0.150. The van der Waals surface area contributed by atoms with Crippen LogP contribution in [0.25, 0.3) is 5.57 Å². The van der Waals surface area contributed by atoms with Crippen LogP contribution < -0.4 is 10.1 Å². The van der Waals surface area contributed by atoms with Crippen LogP contribution in [0.3, 0.4) is 0 Å². The molecule has 8 nitrogen and oxygen atoms in total. The fourth-order valence-corrected chi connectivity index (χ4v) is 6.61. The molecule has 260 valence electrons. The summed E-state index contributed by atoms with van der Waals surface area (Å²) in [6.07, 6.45) is 1.75. The van der Waals surface area contributed by atoms with Crippen LogP contribution in [0.2, 0.25) is 5.02 Å². The van der Waals surface area contributed by atoms with Crippen LogP contribution in [0.4, 0.5) is 13.2 Å². The van der Waals surface area contributed by atoms with E-state index >= 15 is 0 Å². The van der Waals surface area contributed by atoms with Crippen molar-refractivity contribution in [2.75, 3.05) is 26.2 Å². The monoisotopic (exact) mass is 697 g/mol. The Labute approximate surface area is 288 Å². The number of nitrogens with zero attached hydrogens (tertiary/aromatic N) is 2. The summed E-state index contributed by atoms with van der Waals surface area (Å²) < 4.78 is 46.5. The molecule has 0 aliphatic carbocycles. The minimum atomic E-state index is -1.35. The Morgan fingerprint density at radius 1 is 0.980 bits per heavy atom. The second-order valence-corrected chi connectivity index (χ2v) is 12.7. The number of ether oxygens (including phenoxy) is 1. The summed E-state index contributed by atoms with van der Waals surface area (Å²) in [4.78, 5) is 42.0. The smallest absolute Gasteiger partial charge is 0.303 e. The molecule has 3 aromatic rings. The van der Waals surface area contributed by atoms with Crippen molar-refractivity contribution in [2.24, 2.45) is 0 Å². The van der Waals surface area contributed by atoms with Gasteiger partial charge in [0.1, 0.15) is 0 Å². The summed E-state index contributed by atoms with van der Waals surface area (Å²) in [5.74, 6) is -5.47. The van der Waals surface area contributed by atoms with Crippen LogP contribution in [0, 0.1) is 17.5 Å². The van der Waals surface area contributed by atoms with E-state index in [4.69, 9.17) is 21.4 Å². The second kappa shape index (κ2) is 16.4. The molecule has 0 radical (unpaired) electrons. The normalized spacial score (nSPS) is 17.2. The third kappa shape index (κ3) is 8.82. The van der Waals surface area contributed by atoms with E-state index in [1.807, 2.05) is 49.4 Å². The SMILES string of the molecule is CCN(Cc1ccccc1Cl)C(=O)C1=C(c2ccc(CCCOc3c(F)ccc(F)c3F)cc2)C[C@@H]2CN(C(=O)CCCC(=O)O)C[C@H]1N2. The van der Waals surface area contributed by atoms with E-state index in [1.165, 1.54) is 0 Å². The van der Waals surface area contributed by atoms with E-state index in [0.29, 0.717) is 55.6 Å². The molecule has 2 N–H and O–H groups in total. The lowest BCUT2D eigenvalue weighted by Crippen LogP contribution is -2.62. The second-order valence-electron chi connectivity index (χ2n) is 12.3. The molecule has 1 fully saturated rings. The van der Waals surface area contributed by atoms with Gasteiger partial charge < -0.3 is 25.0 Å². The maximum atomic E-state index is 14.4. The standard InChI is InChI=1S/C37H39ClF3N3O5/c1-2-43(20-25-8-3-4-9-28(25)38)37(48)34-27(19-26-21-44(22-31(34)42-26)32(45)10-5-11-33(46)47)24-14-12-23(13-15-24)7-6-18-49-36-30(40)17-16-29(39)35(36)41/h3-4,8-9,12-17,26,31,42H,2,5-7,10-11,18-22H2,1H3,(H,46,47)/t26-,31-/m1/s1. The molecule has 0 aromatic heterocycles. The highest BCUT2D eigenvalue weighted by Gasteiger charge is 2.40. The summed E-state index contributed by atoms with van der Waals surface area (Å²) in [7, 11) is 0. The number of piperazine rings is 1. The number of likely N-dealkylation sites (N-methyl/N-ethyl adjacent to an activating group) is 1. The molecule has 2 bridgehead atoms. The minimum absolute atomic E-state index is 0.0122. The topological polar surface area (TPSA) is 99.2 Å². The molecule has 2 aliphatic rings. The van der Waals surface area contributed by atoms with Crippen molar-refractivity contribution < 1.29 is 37.4 Å². The van der Waals surface area contributed by atoms with E-state index in [0.717, 1.165) is 28.3 Å². The summed E-state index contributed by atoms with van der Waals surface area (Å²) in [5, 5.41) is 13.1. The van der Waals surface area contributed by atoms with Crippen LogP contribution in [0.15, 0.2) is 66.2 Å². The first-order valence-electron chi connectivity index (χ1n) is 16.4. The summed E-state index contributed by atoms with van der Waals surface area (Å²) in [5.41, 5.74) is 4.11. The highest BCUT2D eigenvalue weighted by Crippen LogP contribution is 2.35. The summed E-state index contributed by atoms with van der Waals surface area (Å²) in [6, 6.07) is 16.1. The Morgan fingerprint density at radius 3 is 2.43 bits per heavy atom. The van der Waals surface area contributed by atoms with Crippen molar-refractivity contribution in [3.8, 4) is 5.75 Å². The predicted molar refractivity (Wildman–Crippen MR) is 179 cm³/mol. The number of benzene rings is 3. The third-order valence-electron chi connectivity index (χ3n) is 8.92. The molecule has 3 aromatic carbocycles. The van der Waals surface area contributed by atoms with Gasteiger partial charge in [0, 0.05) is 55.7 Å². The number of hydrogen-bond acceptors (Lipinski definition) is 5. The van der Waals surface area contributed by atoms with Crippen molar-refractivity contribution in [3.05, 3.63) is 105 Å². The van der Waals surface area contributed by atoms with Gasteiger partial charge in [0.2, 0.25) is 11.7 Å². The lowest BCUT2D eigenvalue weighted by atomic mass is 9.82. The van der Waals surface area contributed by atoms with E-state index in [2.05, 4.69) is 5.32 Å². The van der Waals surface area contributed by atoms with Gasteiger partial charge in [0.15, 0.2) is 17.4 Å². The molecule has 0 spiro atoms. The number of aliphatic carboxylic acids is 1. The van der Waals surface area contributed by atoms with Gasteiger partial charge >= 0.3 is 5.97 Å². The number of amides is 2. The summed E-state index contributed by atoms with van der Waals surface area (Å²) >= 11 is 6.45. The molecule has 0 unspecified atom stereocenters. The molecular weight excluding hydrogens is 659 g/mol. The average molecular weight is 698 g/mol. The number of rotatable bonds is 14. The zero-order valence-electron chi connectivity index (χ0n) is 27.2. The fourth-order valence-electron chi connectivity index (χ4n) is 6.41. The van der Waals surface area contributed by atoms with Gasteiger partial charge in [-0.05, 0) is 73.1 Å². The number of carbonyl (C=O) groups is 3. The lowest BCUT2D eigenvalue weighted by Gasteiger charge is -2.45.